The molecule has 0 aromatic carbocycles. The van der Waals surface area contributed by atoms with Crippen LogP contribution in [0.4, 0.5) is 0 Å². The van der Waals surface area contributed by atoms with Crippen LogP contribution in [0.3, 0.4) is 0 Å². The van der Waals surface area contributed by atoms with Crippen molar-refractivity contribution in [3.05, 3.63) is 24.3 Å². The van der Waals surface area contributed by atoms with Gasteiger partial charge < -0.3 is 29.1 Å². The molecule has 2 amide bonds. The van der Waals surface area contributed by atoms with Crippen LogP contribution in [0.5, 0.6) is 0 Å². The van der Waals surface area contributed by atoms with Crippen LogP contribution >= 0.6 is 0 Å². The second kappa shape index (κ2) is 11.3. The number of likely N-dealkylation sites (tertiary alicyclic amines) is 1. The van der Waals surface area contributed by atoms with E-state index < -0.39 is 41.1 Å². The normalized spacial score (nSPS) is 36.9. The van der Waals surface area contributed by atoms with E-state index in [9.17, 15) is 19.5 Å². The van der Waals surface area contributed by atoms with Crippen LogP contribution in [0.2, 0.25) is 0 Å². The zero-order valence-electron chi connectivity index (χ0n) is 23.4. The second-order valence-electron chi connectivity index (χ2n) is 12.1. The SMILES string of the molecule is CC(C)C[C@H](CO)N1C(=O)[C@@H]2[C@@H]3C(=O)OCCC/C=C\[C@]3(C)O[C@@]23C=CCN(CCN2CCOCC2)C(=O)C13. The van der Waals surface area contributed by atoms with Crippen LogP contribution in [0, 0.1) is 17.8 Å². The van der Waals surface area contributed by atoms with Gasteiger partial charge >= 0.3 is 5.97 Å². The number of amides is 2. The van der Waals surface area contributed by atoms with Crippen molar-refractivity contribution in [2.45, 2.75) is 63.3 Å². The molecule has 1 N–H and O–H groups in total. The molecule has 10 nitrogen and oxygen atoms in total. The number of esters is 1. The van der Waals surface area contributed by atoms with E-state index in [1.807, 2.05) is 45.1 Å². The molecule has 216 valence electrons. The Kier molecular flexibility index (Phi) is 8.20. The van der Waals surface area contributed by atoms with E-state index in [-0.39, 0.29) is 30.9 Å². The van der Waals surface area contributed by atoms with Gasteiger partial charge in [-0.25, -0.2) is 0 Å². The summed E-state index contributed by atoms with van der Waals surface area (Å²) in [5.41, 5.74) is -2.44. The number of hydrogen-bond acceptors (Lipinski definition) is 8. The van der Waals surface area contributed by atoms with Crippen molar-refractivity contribution < 1.29 is 33.7 Å². The Hall–Kier alpha value is -2.27. The minimum absolute atomic E-state index is 0.184. The summed E-state index contributed by atoms with van der Waals surface area (Å²) in [6.07, 6.45) is 9.56. The Bertz CT molecular complexity index is 1010. The third-order valence-corrected chi connectivity index (χ3v) is 8.91. The number of carbonyl (C=O) groups excluding carboxylic acids is 3. The smallest absolute Gasteiger partial charge is 0.313 e. The Morgan fingerprint density at radius 2 is 1.79 bits per heavy atom. The average Bonchev–Trinajstić information content (AvgIpc) is 3.27. The molecule has 5 aliphatic rings. The summed E-state index contributed by atoms with van der Waals surface area (Å²) in [4.78, 5) is 47.9. The number of carbonyl (C=O) groups is 3. The number of rotatable bonds is 7. The molecule has 0 aliphatic carbocycles. The molecule has 5 rings (SSSR count). The molecular weight excluding hydrogens is 502 g/mol. The number of aliphatic hydroxyl groups is 1. The molecule has 5 aliphatic heterocycles. The number of aliphatic hydroxyl groups excluding tert-OH is 1. The van der Waals surface area contributed by atoms with E-state index in [0.29, 0.717) is 45.7 Å². The minimum Gasteiger partial charge on any atom is -0.465 e. The summed E-state index contributed by atoms with van der Waals surface area (Å²) in [5, 5.41) is 10.5. The lowest BCUT2D eigenvalue weighted by molar-refractivity contribution is -0.161. The zero-order valence-corrected chi connectivity index (χ0v) is 23.4. The number of hydrogen-bond donors (Lipinski definition) is 1. The molecule has 0 bridgehead atoms. The first kappa shape index (κ1) is 28.3. The average molecular weight is 546 g/mol. The molecule has 6 atom stereocenters. The first-order valence-electron chi connectivity index (χ1n) is 14.5. The molecule has 5 heterocycles. The van der Waals surface area contributed by atoms with Crippen molar-refractivity contribution in [3.8, 4) is 0 Å². The molecule has 3 fully saturated rings. The van der Waals surface area contributed by atoms with Gasteiger partial charge in [-0.15, -0.1) is 0 Å². The fourth-order valence-corrected chi connectivity index (χ4v) is 7.12. The van der Waals surface area contributed by atoms with E-state index in [1.54, 1.807) is 9.80 Å². The predicted molar refractivity (Wildman–Crippen MR) is 142 cm³/mol. The van der Waals surface area contributed by atoms with Crippen molar-refractivity contribution in [2.24, 2.45) is 17.8 Å². The van der Waals surface area contributed by atoms with Gasteiger partial charge in [0.2, 0.25) is 11.8 Å². The number of morpholine rings is 1. The summed E-state index contributed by atoms with van der Waals surface area (Å²) in [6.45, 7) is 10.4. The highest BCUT2D eigenvalue weighted by atomic mass is 16.6. The molecule has 0 aromatic rings. The first-order valence-corrected chi connectivity index (χ1v) is 14.5. The number of nitrogens with zero attached hydrogens (tertiary/aromatic N) is 3. The maximum atomic E-state index is 14.4. The Balaban J connectivity index is 1.55. The van der Waals surface area contributed by atoms with Crippen molar-refractivity contribution in [1.29, 1.82) is 0 Å². The van der Waals surface area contributed by atoms with E-state index in [1.165, 1.54) is 0 Å². The van der Waals surface area contributed by atoms with Crippen LogP contribution in [-0.2, 0) is 28.6 Å². The van der Waals surface area contributed by atoms with E-state index in [2.05, 4.69) is 4.90 Å². The van der Waals surface area contributed by atoms with Gasteiger partial charge in [0.25, 0.3) is 0 Å². The number of allylic oxidation sites excluding steroid dienone is 1. The Labute approximate surface area is 230 Å². The maximum Gasteiger partial charge on any atom is 0.313 e. The quantitative estimate of drug-likeness (QED) is 0.373. The monoisotopic (exact) mass is 545 g/mol. The topological polar surface area (TPSA) is 109 Å². The molecule has 0 aromatic heterocycles. The van der Waals surface area contributed by atoms with Crippen LogP contribution in [0.15, 0.2) is 24.3 Å². The zero-order chi connectivity index (χ0) is 27.8. The van der Waals surface area contributed by atoms with Gasteiger partial charge in [0, 0.05) is 32.7 Å². The van der Waals surface area contributed by atoms with Crippen LogP contribution < -0.4 is 0 Å². The van der Waals surface area contributed by atoms with Gasteiger partial charge in [-0.1, -0.05) is 38.2 Å². The summed E-state index contributed by atoms with van der Waals surface area (Å²) in [7, 11) is 0. The lowest BCUT2D eigenvalue weighted by Gasteiger charge is -2.40. The van der Waals surface area contributed by atoms with Crippen molar-refractivity contribution >= 4 is 17.8 Å². The molecule has 0 saturated carbocycles. The number of fused-ring (bicyclic) bond motifs is 2. The van der Waals surface area contributed by atoms with Crippen LogP contribution in [0.1, 0.15) is 40.0 Å². The standard InChI is InChI=1S/C29H43N3O7/c1-20(2)18-21(19-33)32-24-26(35)31(12-11-30-13-16-37-17-14-30)10-7-9-29(24)22(25(32)34)23-27(36)38-15-6-4-5-8-28(23,3)39-29/h5,7-9,20-24,33H,4,6,10-19H2,1-3H3/b8-5-/t21-,22+,23-,24?,28+,29+/m1/s1. The summed E-state index contributed by atoms with van der Waals surface area (Å²) in [5.74, 6) is -2.65. The van der Waals surface area contributed by atoms with Gasteiger partial charge in [0.15, 0.2) is 0 Å². The van der Waals surface area contributed by atoms with Crippen molar-refractivity contribution in [1.82, 2.24) is 14.7 Å². The molecule has 3 saturated heterocycles. The fourth-order valence-electron chi connectivity index (χ4n) is 7.12. The van der Waals surface area contributed by atoms with Crippen molar-refractivity contribution in [3.63, 3.8) is 0 Å². The van der Waals surface area contributed by atoms with Crippen LogP contribution in [0.25, 0.3) is 0 Å². The molecule has 10 heteroatoms. The largest absolute Gasteiger partial charge is 0.465 e. The number of cyclic esters (lactones) is 1. The molecular formula is C29H43N3O7. The molecule has 39 heavy (non-hydrogen) atoms. The highest BCUT2D eigenvalue weighted by Crippen LogP contribution is 2.57. The fraction of sp³-hybridized carbons (Fsp3) is 0.759. The Morgan fingerprint density at radius 1 is 1.03 bits per heavy atom. The highest BCUT2D eigenvalue weighted by molar-refractivity contribution is 5.99. The molecule has 1 spiro atoms. The predicted octanol–water partition coefficient (Wildman–Crippen LogP) is 0.988. The summed E-state index contributed by atoms with van der Waals surface area (Å²) in [6, 6.07) is -1.55. The third-order valence-electron chi connectivity index (χ3n) is 8.91. The first-order chi connectivity index (χ1) is 18.7. The van der Waals surface area contributed by atoms with Crippen molar-refractivity contribution in [2.75, 3.05) is 59.2 Å². The third kappa shape index (κ3) is 5.05. The molecule has 1 unspecified atom stereocenters. The van der Waals surface area contributed by atoms with Gasteiger partial charge in [0.05, 0.1) is 44.0 Å². The highest BCUT2D eigenvalue weighted by Gasteiger charge is 2.75. The van der Waals surface area contributed by atoms with Gasteiger partial charge in [0.1, 0.15) is 17.6 Å². The van der Waals surface area contributed by atoms with Gasteiger partial charge in [-0.2, -0.15) is 0 Å². The summed E-state index contributed by atoms with van der Waals surface area (Å²) < 4.78 is 17.9. The van der Waals surface area contributed by atoms with Gasteiger partial charge in [-0.3, -0.25) is 19.3 Å². The lowest BCUT2D eigenvalue weighted by atomic mass is 9.74. The lowest BCUT2D eigenvalue weighted by Crippen LogP contribution is -2.59. The summed E-state index contributed by atoms with van der Waals surface area (Å²) >= 11 is 0. The van der Waals surface area contributed by atoms with E-state index in [0.717, 1.165) is 19.5 Å². The van der Waals surface area contributed by atoms with Gasteiger partial charge in [-0.05, 0) is 32.1 Å². The Morgan fingerprint density at radius 3 is 2.51 bits per heavy atom. The van der Waals surface area contributed by atoms with E-state index in [4.69, 9.17) is 14.2 Å². The second-order valence-corrected chi connectivity index (χ2v) is 12.1. The minimum atomic E-state index is -1.34. The van der Waals surface area contributed by atoms with E-state index >= 15 is 0 Å². The number of ether oxygens (including phenoxy) is 3. The van der Waals surface area contributed by atoms with Crippen LogP contribution in [-0.4, -0.2) is 120 Å². The molecule has 0 radical (unpaired) electrons. The maximum absolute atomic E-state index is 14.4.